The van der Waals surface area contributed by atoms with Gasteiger partial charge in [-0.2, -0.15) is 0 Å². The van der Waals surface area contributed by atoms with E-state index < -0.39 is 0 Å². The molecule has 4 rings (SSSR count). The summed E-state index contributed by atoms with van der Waals surface area (Å²) in [5, 5.41) is 1.87. The fourth-order valence-electron chi connectivity index (χ4n) is 3.87. The summed E-state index contributed by atoms with van der Waals surface area (Å²) in [5.74, 6) is 0.0372. The first kappa shape index (κ1) is 24.5. The molecule has 1 atom stereocenters. The Labute approximate surface area is 190 Å². The average Bonchev–Trinajstić information content (AvgIpc) is 3.31. The lowest BCUT2D eigenvalue weighted by atomic mass is 9.97. The number of thiazole rings is 1. The topological polar surface area (TPSA) is 54.7 Å². The van der Waals surface area contributed by atoms with E-state index in [1.165, 1.54) is 23.5 Å². The lowest BCUT2D eigenvalue weighted by Gasteiger charge is -2.16. The molecular weight excluding hydrogens is 448 g/mol. The molecule has 2 aromatic heterocycles. The van der Waals surface area contributed by atoms with Crippen LogP contribution in [-0.2, 0) is 6.42 Å². The number of ketones is 1. The van der Waals surface area contributed by atoms with Crippen molar-refractivity contribution >= 4 is 46.9 Å². The van der Waals surface area contributed by atoms with Gasteiger partial charge >= 0.3 is 0 Å². The van der Waals surface area contributed by atoms with Crippen LogP contribution in [0.25, 0.3) is 4.96 Å². The van der Waals surface area contributed by atoms with Crippen molar-refractivity contribution in [3.63, 3.8) is 0 Å². The van der Waals surface area contributed by atoms with Crippen LogP contribution >= 0.6 is 36.2 Å². The number of hydrogen-bond donors (Lipinski definition) is 0. The number of benzene rings is 1. The first-order valence-electron chi connectivity index (χ1n) is 9.47. The highest BCUT2D eigenvalue weighted by atomic mass is 35.5. The van der Waals surface area contributed by atoms with E-state index in [1.807, 2.05) is 12.3 Å². The minimum absolute atomic E-state index is 0. The van der Waals surface area contributed by atoms with Crippen LogP contribution in [0, 0.1) is 18.7 Å². The number of carbonyl (C=O) groups excluding carboxylic acids is 1. The molecule has 1 aliphatic heterocycles. The first-order valence-corrected chi connectivity index (χ1v) is 10.4. The Morgan fingerprint density at radius 2 is 2.00 bits per heavy atom. The van der Waals surface area contributed by atoms with Gasteiger partial charge in [0, 0.05) is 47.9 Å². The summed E-state index contributed by atoms with van der Waals surface area (Å²) in [6.45, 7) is 4.46. The van der Waals surface area contributed by atoms with Crippen LogP contribution in [0.1, 0.15) is 34.5 Å². The average molecular weight is 472 g/mol. The van der Waals surface area contributed by atoms with Crippen molar-refractivity contribution < 1.29 is 9.18 Å². The standard InChI is InChI=1S/C21H22FN3O2S.2ClH/c1-14-18(20(27)25-10-11-28-21(25)23-14)7-9-24-8-6-15(13-24)12-19(26)16-2-4-17(22)5-3-16;;/h2-5,10-11,15H,6-9,12-13H2,1H3;2*1H. The third-order valence-corrected chi connectivity index (χ3v) is 6.21. The highest BCUT2D eigenvalue weighted by Crippen LogP contribution is 2.22. The molecule has 0 saturated carbocycles. The number of likely N-dealkylation sites (tertiary alicyclic amines) is 1. The first-order chi connectivity index (χ1) is 13.5. The quantitative estimate of drug-likeness (QED) is 0.505. The molecule has 0 amide bonds. The van der Waals surface area contributed by atoms with Gasteiger partial charge < -0.3 is 4.90 Å². The SMILES string of the molecule is Cc1nc2sccn2c(=O)c1CCN1CCC(CC(=O)c2ccc(F)cc2)C1.Cl.Cl. The number of nitrogens with zero attached hydrogens (tertiary/aromatic N) is 3. The van der Waals surface area contributed by atoms with E-state index in [0.717, 1.165) is 42.3 Å². The highest BCUT2D eigenvalue weighted by Gasteiger charge is 2.25. The van der Waals surface area contributed by atoms with Crippen LogP contribution in [0.2, 0.25) is 0 Å². The molecular formula is C21H24Cl2FN3O2S. The zero-order valence-corrected chi connectivity index (χ0v) is 19.0. The summed E-state index contributed by atoms with van der Waals surface area (Å²) in [7, 11) is 0. The van der Waals surface area contributed by atoms with E-state index in [-0.39, 0.29) is 42.0 Å². The van der Waals surface area contributed by atoms with Gasteiger partial charge in [-0.05, 0) is 56.5 Å². The van der Waals surface area contributed by atoms with Crippen molar-refractivity contribution in [2.45, 2.75) is 26.2 Å². The molecule has 162 valence electrons. The van der Waals surface area contributed by atoms with Gasteiger partial charge in [-0.3, -0.25) is 14.0 Å². The van der Waals surface area contributed by atoms with Crippen LogP contribution in [0.4, 0.5) is 4.39 Å². The van der Waals surface area contributed by atoms with Crippen molar-refractivity contribution in [1.82, 2.24) is 14.3 Å². The van der Waals surface area contributed by atoms with Gasteiger partial charge in [-0.25, -0.2) is 9.37 Å². The van der Waals surface area contributed by atoms with Crippen molar-refractivity contribution in [1.29, 1.82) is 0 Å². The van der Waals surface area contributed by atoms with Gasteiger partial charge in [-0.15, -0.1) is 36.2 Å². The lowest BCUT2D eigenvalue weighted by Crippen LogP contribution is -2.28. The molecule has 0 radical (unpaired) electrons. The predicted molar refractivity (Wildman–Crippen MR) is 122 cm³/mol. The van der Waals surface area contributed by atoms with Crippen molar-refractivity contribution in [3.05, 3.63) is 68.8 Å². The Bertz CT molecular complexity index is 1070. The van der Waals surface area contributed by atoms with Gasteiger partial charge in [0.2, 0.25) is 0 Å². The highest BCUT2D eigenvalue weighted by molar-refractivity contribution is 7.15. The fourth-order valence-corrected chi connectivity index (χ4v) is 4.63. The van der Waals surface area contributed by atoms with Crippen LogP contribution < -0.4 is 5.56 Å². The molecule has 9 heteroatoms. The molecule has 1 saturated heterocycles. The maximum Gasteiger partial charge on any atom is 0.261 e. The second kappa shape index (κ2) is 10.5. The monoisotopic (exact) mass is 471 g/mol. The molecule has 1 unspecified atom stereocenters. The molecule has 5 nitrogen and oxygen atoms in total. The molecule has 1 aliphatic rings. The summed E-state index contributed by atoms with van der Waals surface area (Å²) in [6, 6.07) is 5.75. The molecule has 3 heterocycles. The molecule has 30 heavy (non-hydrogen) atoms. The predicted octanol–water partition coefficient (Wildman–Crippen LogP) is 4.18. The van der Waals surface area contributed by atoms with E-state index in [9.17, 15) is 14.0 Å². The lowest BCUT2D eigenvalue weighted by molar-refractivity contribution is 0.0962. The number of Topliss-reactive ketones (excluding diaryl/α,β-unsaturated/α-hetero) is 1. The van der Waals surface area contributed by atoms with Gasteiger partial charge in [0.05, 0.1) is 0 Å². The number of halogens is 3. The van der Waals surface area contributed by atoms with E-state index in [0.29, 0.717) is 24.3 Å². The van der Waals surface area contributed by atoms with Gasteiger partial charge in [0.25, 0.3) is 5.56 Å². The molecule has 1 aromatic carbocycles. The van der Waals surface area contributed by atoms with E-state index in [1.54, 1.807) is 22.7 Å². The van der Waals surface area contributed by atoms with Gasteiger partial charge in [0.15, 0.2) is 10.7 Å². The van der Waals surface area contributed by atoms with E-state index >= 15 is 0 Å². The fraction of sp³-hybridized carbons (Fsp3) is 0.381. The summed E-state index contributed by atoms with van der Waals surface area (Å²) >= 11 is 1.46. The third kappa shape index (κ3) is 5.27. The number of fused-ring (bicyclic) bond motifs is 1. The number of rotatable bonds is 6. The van der Waals surface area contributed by atoms with Crippen molar-refractivity contribution in [2.24, 2.45) is 5.92 Å². The minimum atomic E-state index is -0.329. The molecule has 0 N–H and O–H groups in total. The Balaban J connectivity index is 0.00000160. The maximum absolute atomic E-state index is 13.0. The largest absolute Gasteiger partial charge is 0.303 e. The summed E-state index contributed by atoms with van der Waals surface area (Å²) < 4.78 is 14.6. The zero-order chi connectivity index (χ0) is 19.7. The second-order valence-corrected chi connectivity index (χ2v) is 8.25. The van der Waals surface area contributed by atoms with Gasteiger partial charge in [-0.1, -0.05) is 0 Å². The molecule has 0 spiro atoms. The second-order valence-electron chi connectivity index (χ2n) is 7.38. The molecule has 0 bridgehead atoms. The van der Waals surface area contributed by atoms with Crippen molar-refractivity contribution in [3.8, 4) is 0 Å². The Morgan fingerprint density at radius 3 is 2.73 bits per heavy atom. The van der Waals surface area contributed by atoms with Crippen LogP contribution in [0.5, 0.6) is 0 Å². The minimum Gasteiger partial charge on any atom is -0.303 e. The summed E-state index contributed by atoms with van der Waals surface area (Å²) in [6.07, 6.45) is 3.87. The van der Waals surface area contributed by atoms with Crippen LogP contribution in [-0.4, -0.2) is 39.7 Å². The Kier molecular flexibility index (Phi) is 8.55. The van der Waals surface area contributed by atoms with E-state index in [4.69, 9.17) is 0 Å². The van der Waals surface area contributed by atoms with Crippen LogP contribution in [0.15, 0.2) is 40.6 Å². The maximum atomic E-state index is 13.0. The summed E-state index contributed by atoms with van der Waals surface area (Å²) in [5.41, 5.74) is 2.15. The number of aryl methyl sites for hydroxylation is 1. The molecule has 0 aliphatic carbocycles. The normalized spacial score (nSPS) is 16.3. The third-order valence-electron chi connectivity index (χ3n) is 5.45. The van der Waals surface area contributed by atoms with Gasteiger partial charge in [0.1, 0.15) is 5.82 Å². The zero-order valence-electron chi connectivity index (χ0n) is 16.5. The van der Waals surface area contributed by atoms with E-state index in [2.05, 4.69) is 9.88 Å². The smallest absolute Gasteiger partial charge is 0.261 e. The summed E-state index contributed by atoms with van der Waals surface area (Å²) in [4.78, 5) is 32.6. The molecule has 1 fully saturated rings. The number of hydrogen-bond acceptors (Lipinski definition) is 5. The van der Waals surface area contributed by atoms with Crippen LogP contribution in [0.3, 0.4) is 0 Å². The number of aromatic nitrogens is 2. The molecule has 3 aromatic rings. The van der Waals surface area contributed by atoms with Crippen molar-refractivity contribution in [2.75, 3.05) is 19.6 Å². The Hall–Kier alpha value is -1.80. The Morgan fingerprint density at radius 1 is 1.27 bits per heavy atom. The number of carbonyl (C=O) groups is 1.